The van der Waals surface area contributed by atoms with Gasteiger partial charge >= 0.3 is 0 Å². The van der Waals surface area contributed by atoms with Gasteiger partial charge in [-0.1, -0.05) is 29.8 Å². The highest BCUT2D eigenvalue weighted by atomic mass is 35.5. The summed E-state index contributed by atoms with van der Waals surface area (Å²) in [5.41, 5.74) is 0.413. The monoisotopic (exact) mass is 378 g/mol. The van der Waals surface area contributed by atoms with E-state index in [2.05, 4.69) is 4.98 Å². The SMILES string of the molecule is CCOc1cc(-c2nccn2S(=O)(=O)c2ccccc2)cc(Cl)c1O. The molecule has 0 fully saturated rings. The van der Waals surface area contributed by atoms with E-state index in [0.717, 1.165) is 3.97 Å². The van der Waals surface area contributed by atoms with Crippen molar-refractivity contribution in [2.45, 2.75) is 11.8 Å². The van der Waals surface area contributed by atoms with Crippen LogP contribution in [0, 0.1) is 0 Å². The lowest BCUT2D eigenvalue weighted by Crippen LogP contribution is -2.13. The van der Waals surface area contributed by atoms with Gasteiger partial charge in [-0.05, 0) is 31.2 Å². The smallest absolute Gasteiger partial charge is 0.269 e. The Labute approximate surface area is 150 Å². The van der Waals surface area contributed by atoms with E-state index in [-0.39, 0.29) is 27.2 Å². The number of hydrogen-bond donors (Lipinski definition) is 1. The fourth-order valence-corrected chi connectivity index (χ4v) is 3.90. The van der Waals surface area contributed by atoms with Gasteiger partial charge in [0.25, 0.3) is 10.0 Å². The Hall–Kier alpha value is -2.51. The van der Waals surface area contributed by atoms with E-state index < -0.39 is 10.0 Å². The first kappa shape index (κ1) is 17.3. The minimum atomic E-state index is -3.81. The molecule has 2 aromatic carbocycles. The Morgan fingerprint density at radius 1 is 1.24 bits per heavy atom. The fourth-order valence-electron chi connectivity index (χ4n) is 2.36. The summed E-state index contributed by atoms with van der Waals surface area (Å²) >= 11 is 6.04. The topological polar surface area (TPSA) is 81.4 Å². The number of aromatic nitrogens is 2. The average Bonchev–Trinajstić information content (AvgIpc) is 3.10. The van der Waals surface area contributed by atoms with E-state index >= 15 is 0 Å². The van der Waals surface area contributed by atoms with Crippen molar-refractivity contribution < 1.29 is 18.3 Å². The molecule has 1 aromatic heterocycles. The molecule has 0 unspecified atom stereocenters. The molecule has 0 saturated carbocycles. The molecule has 0 amide bonds. The molecule has 0 aliphatic rings. The second kappa shape index (κ2) is 6.78. The summed E-state index contributed by atoms with van der Waals surface area (Å²) in [5.74, 6) is 0.139. The first-order chi connectivity index (χ1) is 11.9. The molecule has 1 N–H and O–H groups in total. The maximum Gasteiger partial charge on any atom is 0.269 e. The predicted molar refractivity (Wildman–Crippen MR) is 94.5 cm³/mol. The van der Waals surface area contributed by atoms with Crippen LogP contribution in [0.3, 0.4) is 0 Å². The van der Waals surface area contributed by atoms with E-state index in [1.54, 1.807) is 25.1 Å². The first-order valence-electron chi connectivity index (χ1n) is 7.44. The van der Waals surface area contributed by atoms with E-state index in [1.807, 2.05) is 0 Å². The van der Waals surface area contributed by atoms with Crippen molar-refractivity contribution in [2.24, 2.45) is 0 Å². The van der Waals surface area contributed by atoms with Gasteiger partial charge in [-0.3, -0.25) is 0 Å². The Bertz CT molecular complexity index is 1000. The Morgan fingerprint density at radius 3 is 2.64 bits per heavy atom. The molecule has 0 radical (unpaired) electrons. The molecule has 3 aromatic rings. The summed E-state index contributed by atoms with van der Waals surface area (Å²) in [6.45, 7) is 2.09. The number of phenolic OH excluding ortho intramolecular Hbond substituents is 1. The lowest BCUT2D eigenvalue weighted by molar-refractivity contribution is 0.318. The summed E-state index contributed by atoms with van der Waals surface area (Å²) in [6.07, 6.45) is 2.75. The Kier molecular flexibility index (Phi) is 4.69. The number of hydrogen-bond acceptors (Lipinski definition) is 5. The van der Waals surface area contributed by atoms with Gasteiger partial charge in [-0.2, -0.15) is 0 Å². The zero-order valence-electron chi connectivity index (χ0n) is 13.3. The predicted octanol–water partition coefficient (Wildman–Crippen LogP) is 3.54. The zero-order chi connectivity index (χ0) is 18.0. The minimum Gasteiger partial charge on any atom is -0.503 e. The summed E-state index contributed by atoms with van der Waals surface area (Å²) in [7, 11) is -3.81. The number of halogens is 1. The quantitative estimate of drug-likeness (QED) is 0.734. The highest BCUT2D eigenvalue weighted by Crippen LogP contribution is 2.38. The molecular formula is C17H15ClN2O4S. The van der Waals surface area contributed by atoms with Gasteiger partial charge in [0.2, 0.25) is 0 Å². The second-order valence-corrected chi connectivity index (χ2v) is 7.32. The van der Waals surface area contributed by atoms with Gasteiger partial charge in [-0.25, -0.2) is 17.4 Å². The largest absolute Gasteiger partial charge is 0.503 e. The number of rotatable bonds is 5. The Balaban J connectivity index is 2.15. The molecule has 3 rings (SSSR count). The zero-order valence-corrected chi connectivity index (χ0v) is 14.8. The number of ether oxygens (including phenoxy) is 1. The summed E-state index contributed by atoms with van der Waals surface area (Å²) < 4.78 is 32.1. The third-order valence-corrected chi connectivity index (χ3v) is 5.46. The van der Waals surface area contributed by atoms with Gasteiger partial charge < -0.3 is 9.84 Å². The van der Waals surface area contributed by atoms with Crippen LogP contribution in [0.15, 0.2) is 59.8 Å². The number of aromatic hydroxyl groups is 1. The summed E-state index contributed by atoms with van der Waals surface area (Å²) in [5, 5.41) is 10.0. The molecule has 0 atom stereocenters. The third kappa shape index (κ3) is 3.20. The number of nitrogens with zero attached hydrogens (tertiary/aromatic N) is 2. The highest BCUT2D eigenvalue weighted by Gasteiger charge is 2.22. The molecule has 1 heterocycles. The molecule has 0 spiro atoms. The number of imidazole rings is 1. The summed E-state index contributed by atoms with van der Waals surface area (Å²) in [6, 6.07) is 11.0. The summed E-state index contributed by atoms with van der Waals surface area (Å²) in [4.78, 5) is 4.28. The molecule has 8 heteroatoms. The fraction of sp³-hybridized carbons (Fsp3) is 0.118. The van der Waals surface area contributed by atoms with Crippen molar-refractivity contribution in [1.29, 1.82) is 0 Å². The standard InChI is InChI=1S/C17H15ClN2O4S/c1-2-24-15-11-12(10-14(18)16(15)21)17-19-8-9-20(17)25(22,23)13-6-4-3-5-7-13/h3-11,21H,2H2,1H3. The maximum absolute atomic E-state index is 12.9. The van der Waals surface area contributed by atoms with Crippen LogP contribution in [0.5, 0.6) is 11.5 Å². The van der Waals surface area contributed by atoms with Crippen LogP contribution >= 0.6 is 11.6 Å². The van der Waals surface area contributed by atoms with E-state index in [0.29, 0.717) is 12.2 Å². The van der Waals surface area contributed by atoms with Gasteiger partial charge in [-0.15, -0.1) is 0 Å². The van der Waals surface area contributed by atoms with Gasteiger partial charge in [0, 0.05) is 18.0 Å². The van der Waals surface area contributed by atoms with E-state index in [1.165, 1.54) is 36.7 Å². The molecule has 130 valence electrons. The van der Waals surface area contributed by atoms with Crippen molar-refractivity contribution in [3.8, 4) is 22.9 Å². The van der Waals surface area contributed by atoms with E-state index in [4.69, 9.17) is 16.3 Å². The highest BCUT2D eigenvalue weighted by molar-refractivity contribution is 7.90. The Morgan fingerprint density at radius 2 is 1.96 bits per heavy atom. The molecule has 0 aliphatic heterocycles. The van der Waals surface area contributed by atoms with Crippen LogP contribution in [0.25, 0.3) is 11.4 Å². The normalized spacial score (nSPS) is 11.4. The lowest BCUT2D eigenvalue weighted by atomic mass is 10.2. The minimum absolute atomic E-state index is 0.0487. The number of benzene rings is 2. The molecule has 6 nitrogen and oxygen atoms in total. The molecule has 0 aliphatic carbocycles. The van der Waals surface area contributed by atoms with Crippen molar-refractivity contribution in [3.05, 3.63) is 59.9 Å². The van der Waals surface area contributed by atoms with Crippen LogP contribution in [-0.2, 0) is 10.0 Å². The van der Waals surface area contributed by atoms with Crippen molar-refractivity contribution in [2.75, 3.05) is 6.61 Å². The maximum atomic E-state index is 12.9. The molecule has 0 bridgehead atoms. The van der Waals surface area contributed by atoms with Crippen LogP contribution in [0.2, 0.25) is 5.02 Å². The first-order valence-corrected chi connectivity index (χ1v) is 9.26. The van der Waals surface area contributed by atoms with Crippen molar-refractivity contribution in [3.63, 3.8) is 0 Å². The van der Waals surface area contributed by atoms with Crippen LogP contribution in [0.4, 0.5) is 0 Å². The van der Waals surface area contributed by atoms with Gasteiger partial charge in [0.05, 0.1) is 16.5 Å². The van der Waals surface area contributed by atoms with Crippen LogP contribution in [-0.4, -0.2) is 29.1 Å². The molecule has 0 saturated heterocycles. The van der Waals surface area contributed by atoms with Gasteiger partial charge in [0.15, 0.2) is 17.3 Å². The lowest BCUT2D eigenvalue weighted by Gasteiger charge is -2.12. The van der Waals surface area contributed by atoms with Crippen LogP contribution < -0.4 is 4.74 Å². The second-order valence-electron chi connectivity index (χ2n) is 5.10. The average molecular weight is 379 g/mol. The van der Waals surface area contributed by atoms with Crippen molar-refractivity contribution in [1.82, 2.24) is 8.96 Å². The molecular weight excluding hydrogens is 364 g/mol. The van der Waals surface area contributed by atoms with Crippen molar-refractivity contribution >= 4 is 21.6 Å². The molecule has 25 heavy (non-hydrogen) atoms. The van der Waals surface area contributed by atoms with Crippen LogP contribution in [0.1, 0.15) is 6.92 Å². The van der Waals surface area contributed by atoms with Gasteiger partial charge in [0.1, 0.15) is 0 Å². The van der Waals surface area contributed by atoms with E-state index in [9.17, 15) is 13.5 Å². The number of phenols is 1. The third-order valence-electron chi connectivity index (χ3n) is 3.49.